The number of rotatable bonds is 6. The molecule has 0 amide bonds. The number of benzene rings is 1. The fraction of sp³-hybridized carbons (Fsp3) is 0.423. The molecule has 4 aromatic rings. The fourth-order valence-corrected chi connectivity index (χ4v) is 5.16. The van der Waals surface area contributed by atoms with Crippen molar-refractivity contribution in [1.29, 1.82) is 0 Å². The lowest BCUT2D eigenvalue weighted by molar-refractivity contribution is -0.183. The third-order valence-electron chi connectivity index (χ3n) is 6.86. The van der Waals surface area contributed by atoms with Gasteiger partial charge in [-0.25, -0.2) is 4.98 Å². The first-order valence-corrected chi connectivity index (χ1v) is 11.9. The highest BCUT2D eigenvalue weighted by atomic mass is 35.5. The first kappa shape index (κ1) is 30.0. The van der Waals surface area contributed by atoms with Crippen LogP contribution in [0.2, 0.25) is 0 Å². The molecule has 0 spiro atoms. The standard InChI is InChI=1S/C26H29F3N6O.2ClH/c1-25(2,15-36-3)19-6-4-5-16-7-9-20(31-22(16)19)24-33-32-21-10-8-17(13-35(21)24)23(26(27,28)29)34-12-11-18(30)14-34;;/h4-10,13,18,23H,11-12,14-15,30H2,1-3H3;2*1H/t18?,23-;;/m1../s1. The van der Waals surface area contributed by atoms with Gasteiger partial charge in [0.05, 0.1) is 12.1 Å². The van der Waals surface area contributed by atoms with Gasteiger partial charge in [-0.2, -0.15) is 13.2 Å². The molecule has 5 rings (SSSR count). The molecule has 0 radical (unpaired) electrons. The summed E-state index contributed by atoms with van der Waals surface area (Å²) in [6.07, 6.45) is -2.44. The Morgan fingerprint density at radius 3 is 2.50 bits per heavy atom. The molecule has 1 aliphatic rings. The zero-order chi connectivity index (χ0) is 25.7. The third-order valence-corrected chi connectivity index (χ3v) is 6.86. The van der Waals surface area contributed by atoms with Crippen LogP contribution < -0.4 is 5.73 Å². The second-order valence-electron chi connectivity index (χ2n) is 10.1. The molecule has 2 N–H and O–H groups in total. The van der Waals surface area contributed by atoms with E-state index in [1.807, 2.05) is 30.3 Å². The summed E-state index contributed by atoms with van der Waals surface area (Å²) in [6, 6.07) is 10.8. The van der Waals surface area contributed by atoms with Crippen molar-refractivity contribution in [3.05, 3.63) is 59.8 Å². The summed E-state index contributed by atoms with van der Waals surface area (Å²) < 4.78 is 49.6. The van der Waals surface area contributed by atoms with Crippen LogP contribution in [-0.4, -0.2) is 63.5 Å². The number of alkyl halides is 3. The number of ether oxygens (including phenoxy) is 1. The quantitative estimate of drug-likeness (QED) is 0.336. The van der Waals surface area contributed by atoms with Crippen molar-refractivity contribution in [2.75, 3.05) is 26.8 Å². The van der Waals surface area contributed by atoms with Crippen LogP contribution in [0.4, 0.5) is 13.2 Å². The second-order valence-corrected chi connectivity index (χ2v) is 10.1. The summed E-state index contributed by atoms with van der Waals surface area (Å²) >= 11 is 0. The summed E-state index contributed by atoms with van der Waals surface area (Å²) in [5, 5.41) is 9.43. The van der Waals surface area contributed by atoms with Crippen LogP contribution in [0.5, 0.6) is 0 Å². The second kappa shape index (κ2) is 11.3. The van der Waals surface area contributed by atoms with Crippen molar-refractivity contribution in [3.8, 4) is 11.5 Å². The molecule has 206 valence electrons. The highest BCUT2D eigenvalue weighted by molar-refractivity contribution is 5.86. The van der Waals surface area contributed by atoms with Crippen molar-refractivity contribution in [3.63, 3.8) is 0 Å². The van der Waals surface area contributed by atoms with E-state index in [2.05, 4.69) is 24.0 Å². The highest BCUT2D eigenvalue weighted by Gasteiger charge is 2.46. The van der Waals surface area contributed by atoms with Gasteiger partial charge < -0.3 is 10.5 Å². The summed E-state index contributed by atoms with van der Waals surface area (Å²) in [5.74, 6) is 0.382. The van der Waals surface area contributed by atoms with Crippen molar-refractivity contribution in [2.24, 2.45) is 5.73 Å². The predicted molar refractivity (Wildman–Crippen MR) is 146 cm³/mol. The highest BCUT2D eigenvalue weighted by Crippen LogP contribution is 2.39. The van der Waals surface area contributed by atoms with Gasteiger partial charge in [0.1, 0.15) is 11.7 Å². The third kappa shape index (κ3) is 5.60. The Balaban J connectivity index is 0.00000200. The molecule has 1 aromatic carbocycles. The predicted octanol–water partition coefficient (Wildman–Crippen LogP) is 5.35. The number of likely N-dealkylation sites (tertiary alicyclic amines) is 1. The summed E-state index contributed by atoms with van der Waals surface area (Å²) in [7, 11) is 1.66. The molecule has 12 heteroatoms. The van der Waals surface area contributed by atoms with E-state index in [0.717, 1.165) is 16.5 Å². The topological polar surface area (TPSA) is 81.6 Å². The van der Waals surface area contributed by atoms with Crippen molar-refractivity contribution >= 4 is 41.4 Å². The Morgan fingerprint density at radius 1 is 1.08 bits per heavy atom. The molecular weight excluding hydrogens is 540 g/mol. The SMILES string of the molecule is COCC(C)(C)c1cccc2ccc(-c3nnc4ccc([C@@H](N5CCC(N)C5)C(F)(F)F)cn34)nc12.Cl.Cl. The molecule has 1 saturated heterocycles. The molecule has 1 unspecified atom stereocenters. The summed E-state index contributed by atoms with van der Waals surface area (Å²) in [5.41, 5.74) is 8.52. The van der Waals surface area contributed by atoms with E-state index >= 15 is 0 Å². The van der Waals surface area contributed by atoms with Crippen molar-refractivity contribution < 1.29 is 17.9 Å². The number of hydrogen-bond acceptors (Lipinski definition) is 6. The molecule has 0 aliphatic carbocycles. The van der Waals surface area contributed by atoms with Crippen LogP contribution in [0.1, 0.15) is 37.4 Å². The number of fused-ring (bicyclic) bond motifs is 2. The van der Waals surface area contributed by atoms with E-state index in [1.165, 1.54) is 17.2 Å². The molecule has 38 heavy (non-hydrogen) atoms. The van der Waals surface area contributed by atoms with Crippen LogP contribution in [-0.2, 0) is 10.2 Å². The largest absolute Gasteiger partial charge is 0.408 e. The van der Waals surface area contributed by atoms with Gasteiger partial charge in [0.2, 0.25) is 0 Å². The Labute approximate surface area is 231 Å². The van der Waals surface area contributed by atoms with Gasteiger partial charge in [-0.3, -0.25) is 9.30 Å². The molecule has 3 aromatic heterocycles. The average Bonchev–Trinajstić information content (AvgIpc) is 3.43. The van der Waals surface area contributed by atoms with E-state index in [-0.39, 0.29) is 48.4 Å². The Bertz CT molecular complexity index is 1410. The van der Waals surface area contributed by atoms with Crippen LogP contribution in [0.3, 0.4) is 0 Å². The van der Waals surface area contributed by atoms with Crippen LogP contribution in [0, 0.1) is 0 Å². The Morgan fingerprint density at radius 2 is 1.84 bits per heavy atom. The summed E-state index contributed by atoms with van der Waals surface area (Å²) in [6.45, 7) is 5.17. The minimum Gasteiger partial charge on any atom is -0.384 e. The number of aromatic nitrogens is 4. The van der Waals surface area contributed by atoms with Gasteiger partial charge in [-0.05, 0) is 29.7 Å². The lowest BCUT2D eigenvalue weighted by Gasteiger charge is -2.30. The smallest absolute Gasteiger partial charge is 0.384 e. The zero-order valence-corrected chi connectivity index (χ0v) is 22.9. The number of halogens is 5. The number of methoxy groups -OCH3 is 1. The maximum absolute atomic E-state index is 14.2. The maximum atomic E-state index is 14.2. The molecular formula is C26H31Cl2F3N6O. The number of para-hydroxylation sites is 1. The minimum atomic E-state index is -4.45. The molecule has 2 atom stereocenters. The van der Waals surface area contributed by atoms with Crippen LogP contribution in [0.25, 0.3) is 28.1 Å². The first-order chi connectivity index (χ1) is 17.1. The van der Waals surface area contributed by atoms with E-state index < -0.39 is 12.2 Å². The van der Waals surface area contributed by atoms with Crippen LogP contribution >= 0.6 is 24.8 Å². The molecule has 1 fully saturated rings. The lowest BCUT2D eigenvalue weighted by atomic mass is 9.84. The van der Waals surface area contributed by atoms with E-state index in [1.54, 1.807) is 17.6 Å². The number of hydrogen-bond donors (Lipinski definition) is 1. The minimum absolute atomic E-state index is 0. The maximum Gasteiger partial charge on any atom is 0.408 e. The van der Waals surface area contributed by atoms with E-state index in [4.69, 9.17) is 15.5 Å². The Kier molecular flexibility index (Phi) is 8.95. The first-order valence-electron chi connectivity index (χ1n) is 11.9. The lowest BCUT2D eigenvalue weighted by Crippen LogP contribution is -2.38. The fourth-order valence-electron chi connectivity index (χ4n) is 5.16. The number of pyridine rings is 2. The van der Waals surface area contributed by atoms with Gasteiger partial charge in [-0.15, -0.1) is 35.0 Å². The number of nitrogens with two attached hydrogens (primary N) is 1. The van der Waals surface area contributed by atoms with Gasteiger partial charge in [0, 0.05) is 43.2 Å². The average molecular weight is 571 g/mol. The molecule has 0 saturated carbocycles. The normalized spacial score (nSPS) is 17.4. The Hall–Kier alpha value is -2.50. The van der Waals surface area contributed by atoms with Gasteiger partial charge in [-0.1, -0.05) is 44.2 Å². The van der Waals surface area contributed by atoms with Crippen molar-refractivity contribution in [2.45, 2.75) is 43.9 Å². The molecule has 4 heterocycles. The van der Waals surface area contributed by atoms with E-state index in [0.29, 0.717) is 36.7 Å². The monoisotopic (exact) mass is 570 g/mol. The van der Waals surface area contributed by atoms with E-state index in [9.17, 15) is 13.2 Å². The molecule has 1 aliphatic heterocycles. The number of nitrogens with zero attached hydrogens (tertiary/aromatic N) is 5. The van der Waals surface area contributed by atoms with Gasteiger partial charge in [0.15, 0.2) is 11.5 Å². The molecule has 7 nitrogen and oxygen atoms in total. The molecule has 0 bridgehead atoms. The van der Waals surface area contributed by atoms with Crippen LogP contribution in [0.15, 0.2) is 48.7 Å². The summed E-state index contributed by atoms with van der Waals surface area (Å²) in [4.78, 5) is 6.30. The van der Waals surface area contributed by atoms with Crippen molar-refractivity contribution in [1.82, 2.24) is 24.5 Å². The van der Waals surface area contributed by atoms with Gasteiger partial charge in [0.25, 0.3) is 0 Å². The zero-order valence-electron chi connectivity index (χ0n) is 21.3. The van der Waals surface area contributed by atoms with Gasteiger partial charge >= 0.3 is 6.18 Å².